The molecule has 29 heavy (non-hydrogen) atoms. The van der Waals surface area contributed by atoms with Gasteiger partial charge in [0.15, 0.2) is 0 Å². The van der Waals surface area contributed by atoms with Gasteiger partial charge in [0.1, 0.15) is 16.5 Å². The van der Waals surface area contributed by atoms with E-state index in [1.54, 1.807) is 17.7 Å². The number of aromatic nitrogens is 2. The van der Waals surface area contributed by atoms with Crippen molar-refractivity contribution in [3.05, 3.63) is 70.8 Å². The molecule has 1 atom stereocenters. The zero-order chi connectivity index (χ0) is 21.2. The Morgan fingerprint density at radius 3 is 2.55 bits per heavy atom. The van der Waals surface area contributed by atoms with Crippen LogP contribution in [-0.2, 0) is 16.6 Å². The molecule has 0 aliphatic rings. The van der Waals surface area contributed by atoms with Crippen LogP contribution in [0.5, 0.6) is 11.8 Å². The number of rotatable bonds is 7. The van der Waals surface area contributed by atoms with Gasteiger partial charge in [-0.05, 0) is 51.1 Å². The average molecular weight is 438 g/mol. The Bertz CT molecular complexity index is 1110. The molecule has 0 radical (unpaired) electrons. The summed E-state index contributed by atoms with van der Waals surface area (Å²) in [5, 5.41) is -0.183. The summed E-state index contributed by atoms with van der Waals surface area (Å²) in [6, 6.07) is 10.4. The third-order valence-electron chi connectivity index (χ3n) is 4.36. The van der Waals surface area contributed by atoms with Gasteiger partial charge in [0.05, 0.1) is 23.0 Å². The van der Waals surface area contributed by atoms with Crippen LogP contribution in [-0.4, -0.2) is 18.0 Å². The summed E-state index contributed by atoms with van der Waals surface area (Å²) in [7, 11) is -3.97. The van der Waals surface area contributed by atoms with Crippen LogP contribution in [0.1, 0.15) is 31.1 Å². The summed E-state index contributed by atoms with van der Waals surface area (Å²) in [5.41, 5.74) is 1.73. The van der Waals surface area contributed by atoms with E-state index in [2.05, 4.69) is 9.71 Å². The summed E-state index contributed by atoms with van der Waals surface area (Å²) in [6.07, 6.45) is 1.56. The maximum absolute atomic E-state index is 13.2. The fourth-order valence-corrected chi connectivity index (χ4v) is 4.63. The van der Waals surface area contributed by atoms with Crippen molar-refractivity contribution in [3.63, 3.8) is 0 Å². The van der Waals surface area contributed by atoms with Crippen LogP contribution in [0.2, 0.25) is 5.02 Å². The highest BCUT2D eigenvalue weighted by atomic mass is 35.5. The fourth-order valence-electron chi connectivity index (χ4n) is 2.88. The quantitative estimate of drug-likeness (QED) is 0.574. The van der Waals surface area contributed by atoms with Gasteiger partial charge in [0.25, 0.3) is 0 Å². The van der Waals surface area contributed by atoms with Crippen LogP contribution in [0.25, 0.3) is 0 Å². The van der Waals surface area contributed by atoms with Crippen LogP contribution in [0.3, 0.4) is 0 Å². The first-order valence-corrected chi connectivity index (χ1v) is 10.8. The number of sulfonamides is 1. The van der Waals surface area contributed by atoms with Gasteiger partial charge in [-0.2, -0.15) is 0 Å². The molecule has 9 heteroatoms. The normalized spacial score (nSPS) is 12.7. The molecule has 1 unspecified atom stereocenters. The summed E-state index contributed by atoms with van der Waals surface area (Å²) in [4.78, 5) is 4.10. The molecule has 0 aliphatic carbocycles. The molecular weight excluding hydrogens is 417 g/mol. The summed E-state index contributed by atoms with van der Waals surface area (Å²) in [5.74, 6) is 0.0257. The fraction of sp³-hybridized carbons (Fsp3) is 0.250. The lowest BCUT2D eigenvalue weighted by atomic mass is 10.2. The topological polar surface area (TPSA) is 73.2 Å². The molecule has 1 aromatic heterocycles. The van der Waals surface area contributed by atoms with E-state index < -0.39 is 21.9 Å². The second kappa shape index (κ2) is 8.52. The van der Waals surface area contributed by atoms with Gasteiger partial charge in [0, 0.05) is 6.54 Å². The Kier molecular flexibility index (Phi) is 6.26. The van der Waals surface area contributed by atoms with E-state index in [-0.39, 0.29) is 9.92 Å². The van der Waals surface area contributed by atoms with Crippen LogP contribution in [0.4, 0.5) is 4.39 Å². The lowest BCUT2D eigenvalue weighted by Gasteiger charge is -2.17. The second-order valence-corrected chi connectivity index (χ2v) is 8.63. The Balaban J connectivity index is 1.84. The van der Waals surface area contributed by atoms with Crippen molar-refractivity contribution in [1.29, 1.82) is 0 Å². The smallest absolute Gasteiger partial charge is 0.302 e. The molecule has 0 fully saturated rings. The highest BCUT2D eigenvalue weighted by Gasteiger charge is 2.24. The number of hydrogen-bond acceptors (Lipinski definition) is 4. The van der Waals surface area contributed by atoms with Gasteiger partial charge < -0.3 is 4.74 Å². The highest BCUT2D eigenvalue weighted by molar-refractivity contribution is 7.89. The Morgan fingerprint density at radius 2 is 1.93 bits per heavy atom. The van der Waals surface area contributed by atoms with Crippen LogP contribution in [0, 0.1) is 12.7 Å². The molecule has 1 N–H and O–H groups in total. The molecule has 3 rings (SSSR count). The molecule has 0 aliphatic heterocycles. The second-order valence-electron chi connectivity index (χ2n) is 6.54. The number of ether oxygens (including phenoxy) is 1. The number of imidazole rings is 1. The molecule has 0 saturated carbocycles. The zero-order valence-corrected chi connectivity index (χ0v) is 17.8. The van der Waals surface area contributed by atoms with Crippen molar-refractivity contribution in [2.45, 2.75) is 38.3 Å². The summed E-state index contributed by atoms with van der Waals surface area (Å²) < 4.78 is 48.8. The van der Waals surface area contributed by atoms with E-state index in [0.717, 1.165) is 23.8 Å². The van der Waals surface area contributed by atoms with Crippen molar-refractivity contribution in [1.82, 2.24) is 14.3 Å². The van der Waals surface area contributed by atoms with Gasteiger partial charge >= 0.3 is 6.01 Å². The minimum atomic E-state index is -3.97. The summed E-state index contributed by atoms with van der Waals surface area (Å²) >= 11 is 5.91. The maximum atomic E-state index is 13.2. The predicted molar refractivity (Wildman–Crippen MR) is 109 cm³/mol. The summed E-state index contributed by atoms with van der Waals surface area (Å²) in [6.45, 7) is 6.11. The highest BCUT2D eigenvalue weighted by Crippen LogP contribution is 2.27. The molecule has 3 aromatic rings. The Morgan fingerprint density at radius 1 is 1.24 bits per heavy atom. The van der Waals surface area contributed by atoms with E-state index in [9.17, 15) is 12.8 Å². The number of nitrogens with zero attached hydrogens (tertiary/aromatic N) is 2. The minimum Gasteiger partial charge on any atom is -0.426 e. The van der Waals surface area contributed by atoms with Gasteiger partial charge in [-0.15, -0.1) is 0 Å². The molecule has 6 nitrogen and oxygen atoms in total. The first-order chi connectivity index (χ1) is 13.7. The van der Waals surface area contributed by atoms with Crippen LogP contribution < -0.4 is 9.46 Å². The van der Waals surface area contributed by atoms with Crippen LogP contribution >= 0.6 is 11.6 Å². The van der Waals surface area contributed by atoms with E-state index in [0.29, 0.717) is 24.0 Å². The molecular formula is C20H21ClFN3O3S. The third-order valence-corrected chi connectivity index (χ3v) is 6.38. The van der Waals surface area contributed by atoms with E-state index in [1.807, 2.05) is 38.1 Å². The standard InChI is InChI=1S/C20H21ClFN3O3S/c1-4-25-18(12-23-20(25)28-16-8-5-13(2)6-9-16)14(3)24-29(26,27)19-10-7-15(22)11-17(19)21/h5-12,14,24H,4H2,1-3H3. The molecule has 0 spiro atoms. The molecule has 0 amide bonds. The van der Waals surface area contributed by atoms with E-state index in [4.69, 9.17) is 16.3 Å². The first kappa shape index (κ1) is 21.3. The van der Waals surface area contributed by atoms with Gasteiger partial charge in [-0.1, -0.05) is 29.3 Å². The maximum Gasteiger partial charge on any atom is 0.302 e. The lowest BCUT2D eigenvalue weighted by molar-refractivity contribution is 0.408. The third kappa shape index (κ3) is 4.77. The number of aryl methyl sites for hydroxylation is 1. The number of hydrogen-bond donors (Lipinski definition) is 1. The monoisotopic (exact) mass is 437 g/mol. The lowest BCUT2D eigenvalue weighted by Crippen LogP contribution is -2.28. The Hall–Kier alpha value is -2.42. The average Bonchev–Trinajstić information content (AvgIpc) is 3.05. The van der Waals surface area contributed by atoms with Crippen molar-refractivity contribution >= 4 is 21.6 Å². The van der Waals surface area contributed by atoms with Crippen molar-refractivity contribution in [2.24, 2.45) is 0 Å². The van der Waals surface area contributed by atoms with Gasteiger partial charge in [0.2, 0.25) is 10.0 Å². The van der Waals surface area contributed by atoms with Crippen molar-refractivity contribution < 1.29 is 17.5 Å². The largest absolute Gasteiger partial charge is 0.426 e. The van der Waals surface area contributed by atoms with Gasteiger partial charge in [-0.25, -0.2) is 22.5 Å². The molecule has 0 saturated heterocycles. The zero-order valence-electron chi connectivity index (χ0n) is 16.2. The predicted octanol–water partition coefficient (Wildman–Crippen LogP) is 4.84. The number of benzene rings is 2. The SMILES string of the molecule is CCn1c(C(C)NS(=O)(=O)c2ccc(F)cc2Cl)cnc1Oc1ccc(C)cc1. The van der Waals surface area contributed by atoms with Crippen molar-refractivity contribution in [2.75, 3.05) is 0 Å². The molecule has 1 heterocycles. The minimum absolute atomic E-state index is 0.183. The van der Waals surface area contributed by atoms with Crippen molar-refractivity contribution in [3.8, 4) is 11.8 Å². The first-order valence-electron chi connectivity index (χ1n) is 8.98. The van der Waals surface area contributed by atoms with Gasteiger partial charge in [-0.3, -0.25) is 4.57 Å². The van der Waals surface area contributed by atoms with E-state index in [1.165, 1.54) is 0 Å². The van der Waals surface area contributed by atoms with Crippen LogP contribution in [0.15, 0.2) is 53.6 Å². The molecule has 154 valence electrons. The Labute approximate surface area is 174 Å². The molecule has 0 bridgehead atoms. The number of nitrogens with one attached hydrogen (secondary N) is 1. The van der Waals surface area contributed by atoms with E-state index >= 15 is 0 Å². The number of halogens is 2. The molecule has 2 aromatic carbocycles.